The number of benzene rings is 2. The van der Waals surface area contributed by atoms with Gasteiger partial charge in [0.05, 0.1) is 16.0 Å². The molecule has 8 nitrogen and oxygen atoms in total. The fourth-order valence-corrected chi connectivity index (χ4v) is 4.38. The van der Waals surface area contributed by atoms with Gasteiger partial charge in [-0.1, -0.05) is 12.1 Å². The second kappa shape index (κ2) is 6.80. The molecular weight excluding hydrogens is 389 g/mol. The Hall–Kier alpha value is -3.11. The maximum absolute atomic E-state index is 13.5. The molecule has 0 radical (unpaired) electrons. The van der Waals surface area contributed by atoms with Gasteiger partial charge in [-0.3, -0.25) is 19.3 Å². The number of sulfonamides is 1. The second-order valence-electron chi connectivity index (χ2n) is 6.26. The smallest absolute Gasteiger partial charge is 0.261 e. The highest BCUT2D eigenvalue weighted by Gasteiger charge is 2.37. The van der Waals surface area contributed by atoms with Crippen LogP contribution in [0, 0.1) is 5.82 Å². The number of halogens is 1. The molecule has 10 heteroatoms. The Labute approximate surface area is 160 Å². The standard InChI is InChI=1S/C18H16FN3O5S/c1-21-17(24)13-7-6-12(9-14(13)18(21)25)28(26,27)22(2)15(16(20)23)10-4-3-5-11(19)8-10/h3-9,15H,1-2H3,(H2,20,23). The van der Waals surface area contributed by atoms with Gasteiger partial charge in [0.25, 0.3) is 11.8 Å². The van der Waals surface area contributed by atoms with Crippen LogP contribution in [0.2, 0.25) is 0 Å². The third-order valence-electron chi connectivity index (χ3n) is 4.54. The molecule has 2 aromatic rings. The van der Waals surface area contributed by atoms with Crippen molar-refractivity contribution in [3.05, 3.63) is 65.0 Å². The molecule has 1 aliphatic rings. The lowest BCUT2D eigenvalue weighted by Gasteiger charge is -2.25. The molecule has 1 heterocycles. The lowest BCUT2D eigenvalue weighted by molar-refractivity contribution is -0.121. The molecule has 28 heavy (non-hydrogen) atoms. The minimum atomic E-state index is -4.30. The summed E-state index contributed by atoms with van der Waals surface area (Å²) in [5.41, 5.74) is 5.47. The fourth-order valence-electron chi connectivity index (χ4n) is 3.04. The summed E-state index contributed by atoms with van der Waals surface area (Å²) >= 11 is 0. The van der Waals surface area contributed by atoms with Gasteiger partial charge in [0.15, 0.2) is 0 Å². The second-order valence-corrected chi connectivity index (χ2v) is 8.26. The average molecular weight is 405 g/mol. The lowest BCUT2D eigenvalue weighted by Crippen LogP contribution is -2.39. The molecule has 0 spiro atoms. The van der Waals surface area contributed by atoms with Crippen molar-refractivity contribution in [1.29, 1.82) is 0 Å². The summed E-state index contributed by atoms with van der Waals surface area (Å²) in [6, 6.07) is 6.89. The van der Waals surface area contributed by atoms with Crippen LogP contribution in [0.25, 0.3) is 0 Å². The van der Waals surface area contributed by atoms with Crippen LogP contribution in [-0.4, -0.2) is 49.4 Å². The topological polar surface area (TPSA) is 118 Å². The van der Waals surface area contributed by atoms with E-state index in [1.165, 1.54) is 31.3 Å². The highest BCUT2D eigenvalue weighted by molar-refractivity contribution is 7.89. The molecule has 3 rings (SSSR count). The molecule has 1 atom stereocenters. The molecule has 2 N–H and O–H groups in total. The van der Waals surface area contributed by atoms with E-state index in [0.717, 1.165) is 30.1 Å². The summed E-state index contributed by atoms with van der Waals surface area (Å²) in [6.07, 6.45) is 0. The normalized spacial score (nSPS) is 15.1. The van der Waals surface area contributed by atoms with E-state index >= 15 is 0 Å². The van der Waals surface area contributed by atoms with Gasteiger partial charge in [-0.25, -0.2) is 12.8 Å². The van der Waals surface area contributed by atoms with Gasteiger partial charge in [0.2, 0.25) is 15.9 Å². The number of hydrogen-bond acceptors (Lipinski definition) is 5. The zero-order valence-corrected chi connectivity index (χ0v) is 15.7. The Kier molecular flexibility index (Phi) is 4.77. The Morgan fingerprint density at radius 1 is 1.11 bits per heavy atom. The van der Waals surface area contributed by atoms with Crippen molar-refractivity contribution >= 4 is 27.7 Å². The van der Waals surface area contributed by atoms with Gasteiger partial charge < -0.3 is 5.73 Å². The van der Waals surface area contributed by atoms with Crippen LogP contribution in [-0.2, 0) is 14.8 Å². The van der Waals surface area contributed by atoms with Crippen LogP contribution < -0.4 is 5.73 Å². The average Bonchev–Trinajstić information content (AvgIpc) is 2.85. The van der Waals surface area contributed by atoms with Crippen molar-refractivity contribution in [1.82, 2.24) is 9.21 Å². The number of nitrogens with two attached hydrogens (primary N) is 1. The van der Waals surface area contributed by atoms with Crippen LogP contribution in [0.4, 0.5) is 4.39 Å². The van der Waals surface area contributed by atoms with Gasteiger partial charge in [-0.05, 0) is 35.9 Å². The summed E-state index contributed by atoms with van der Waals surface area (Å²) in [4.78, 5) is 36.6. The van der Waals surface area contributed by atoms with E-state index in [-0.39, 0.29) is 21.6 Å². The monoisotopic (exact) mass is 405 g/mol. The minimum absolute atomic E-state index is 0.0524. The zero-order valence-electron chi connectivity index (χ0n) is 14.9. The summed E-state index contributed by atoms with van der Waals surface area (Å²) in [6.45, 7) is 0. The van der Waals surface area contributed by atoms with Crippen LogP contribution in [0.3, 0.4) is 0 Å². The van der Waals surface area contributed by atoms with Crippen LogP contribution in [0.1, 0.15) is 32.3 Å². The largest absolute Gasteiger partial charge is 0.368 e. The quantitative estimate of drug-likeness (QED) is 0.742. The number of likely N-dealkylation sites (N-methyl/N-ethyl adjacent to an activating group) is 1. The first-order chi connectivity index (χ1) is 13.1. The highest BCUT2D eigenvalue weighted by atomic mass is 32.2. The van der Waals surface area contributed by atoms with Gasteiger partial charge in [0.1, 0.15) is 11.9 Å². The van der Waals surface area contributed by atoms with E-state index < -0.39 is 39.6 Å². The molecule has 2 aromatic carbocycles. The number of hydrogen-bond donors (Lipinski definition) is 1. The Bertz CT molecular complexity index is 1120. The predicted octanol–water partition coefficient (Wildman–Crippen LogP) is 0.899. The van der Waals surface area contributed by atoms with E-state index in [1.54, 1.807) is 0 Å². The zero-order chi connectivity index (χ0) is 20.8. The molecule has 0 aliphatic carbocycles. The van der Waals surface area contributed by atoms with Crippen molar-refractivity contribution in [2.24, 2.45) is 5.73 Å². The Morgan fingerprint density at radius 3 is 2.36 bits per heavy atom. The first-order valence-electron chi connectivity index (χ1n) is 8.05. The highest BCUT2D eigenvalue weighted by Crippen LogP contribution is 2.30. The maximum atomic E-state index is 13.5. The fraction of sp³-hybridized carbons (Fsp3) is 0.167. The molecule has 0 aromatic heterocycles. The van der Waals surface area contributed by atoms with Crippen LogP contribution >= 0.6 is 0 Å². The molecule has 1 unspecified atom stereocenters. The predicted molar refractivity (Wildman–Crippen MR) is 96.2 cm³/mol. The first kappa shape index (κ1) is 19.6. The van der Waals surface area contributed by atoms with Gasteiger partial charge in [-0.15, -0.1) is 0 Å². The van der Waals surface area contributed by atoms with Gasteiger partial charge in [-0.2, -0.15) is 4.31 Å². The summed E-state index contributed by atoms with van der Waals surface area (Å²) < 4.78 is 40.3. The Balaban J connectivity index is 2.06. The maximum Gasteiger partial charge on any atom is 0.261 e. The van der Waals surface area contributed by atoms with E-state index in [9.17, 15) is 27.2 Å². The molecule has 0 saturated carbocycles. The molecule has 0 saturated heterocycles. The number of imide groups is 1. The summed E-state index contributed by atoms with van der Waals surface area (Å²) in [5, 5.41) is 0. The van der Waals surface area contributed by atoms with Gasteiger partial charge >= 0.3 is 0 Å². The number of carbonyl (C=O) groups excluding carboxylic acids is 3. The van der Waals surface area contributed by atoms with Crippen molar-refractivity contribution in [3.8, 4) is 0 Å². The van der Waals surface area contributed by atoms with Crippen LogP contribution in [0.15, 0.2) is 47.4 Å². The number of fused-ring (bicyclic) bond motifs is 1. The summed E-state index contributed by atoms with van der Waals surface area (Å²) in [5.74, 6) is -2.81. The van der Waals surface area contributed by atoms with E-state index in [2.05, 4.69) is 0 Å². The van der Waals surface area contributed by atoms with Crippen molar-refractivity contribution in [2.45, 2.75) is 10.9 Å². The van der Waals surface area contributed by atoms with Crippen molar-refractivity contribution < 1.29 is 27.2 Å². The number of amides is 3. The third kappa shape index (κ3) is 3.06. The van der Waals surface area contributed by atoms with Crippen molar-refractivity contribution in [2.75, 3.05) is 14.1 Å². The molecule has 0 bridgehead atoms. The summed E-state index contributed by atoms with van der Waals surface area (Å²) in [7, 11) is -1.88. The molecule has 146 valence electrons. The Morgan fingerprint density at radius 2 is 1.75 bits per heavy atom. The number of nitrogens with zero attached hydrogens (tertiary/aromatic N) is 2. The SMILES string of the molecule is CN1C(=O)c2ccc(S(=O)(=O)N(C)C(C(N)=O)c3cccc(F)c3)cc2C1=O. The number of carbonyl (C=O) groups is 3. The van der Waals surface area contributed by atoms with E-state index in [1.807, 2.05) is 0 Å². The minimum Gasteiger partial charge on any atom is -0.368 e. The lowest BCUT2D eigenvalue weighted by atomic mass is 10.1. The molecule has 1 aliphatic heterocycles. The third-order valence-corrected chi connectivity index (χ3v) is 6.35. The van der Waals surface area contributed by atoms with Crippen LogP contribution in [0.5, 0.6) is 0 Å². The first-order valence-corrected chi connectivity index (χ1v) is 9.49. The molecule has 3 amide bonds. The number of rotatable bonds is 5. The van der Waals surface area contributed by atoms with Crippen molar-refractivity contribution in [3.63, 3.8) is 0 Å². The number of primary amides is 1. The van der Waals surface area contributed by atoms with Gasteiger partial charge in [0, 0.05) is 14.1 Å². The van der Waals surface area contributed by atoms with E-state index in [4.69, 9.17) is 5.73 Å². The van der Waals surface area contributed by atoms with E-state index in [0.29, 0.717) is 4.31 Å². The molecular formula is C18H16FN3O5S. The molecule has 0 fully saturated rings.